The highest BCUT2D eigenvalue weighted by Crippen LogP contribution is 2.29. The van der Waals surface area contributed by atoms with Crippen molar-refractivity contribution < 1.29 is 22.7 Å². The molecule has 1 aromatic rings. The van der Waals surface area contributed by atoms with Crippen LogP contribution >= 0.6 is 0 Å². The number of aryl methyl sites for hydroxylation is 2. The molecule has 2 N–H and O–H groups in total. The molecule has 1 fully saturated rings. The van der Waals surface area contributed by atoms with Gasteiger partial charge >= 0.3 is 5.97 Å². The maximum atomic E-state index is 12.4. The molecule has 29 heavy (non-hydrogen) atoms. The van der Waals surface area contributed by atoms with Gasteiger partial charge in [-0.3, -0.25) is 9.59 Å². The predicted molar refractivity (Wildman–Crippen MR) is 111 cm³/mol. The zero-order valence-electron chi connectivity index (χ0n) is 17.8. The summed E-state index contributed by atoms with van der Waals surface area (Å²) in [4.78, 5) is 24.5. The number of carbonyl (C=O) groups excluding carboxylic acids is 2. The van der Waals surface area contributed by atoms with Gasteiger partial charge in [0.1, 0.15) is 6.54 Å². The summed E-state index contributed by atoms with van der Waals surface area (Å²) < 4.78 is 32.0. The zero-order valence-corrected chi connectivity index (χ0v) is 18.6. The molecule has 0 spiro atoms. The molecular formula is C21H32N2O5S. The van der Waals surface area contributed by atoms with Crippen LogP contribution in [0.3, 0.4) is 0 Å². The smallest absolute Gasteiger partial charge is 0.321 e. The van der Waals surface area contributed by atoms with E-state index in [0.29, 0.717) is 11.8 Å². The van der Waals surface area contributed by atoms with Gasteiger partial charge < -0.3 is 10.1 Å². The minimum absolute atomic E-state index is 0.0654. The molecule has 0 aromatic heterocycles. The molecular weight excluding hydrogens is 392 g/mol. The maximum Gasteiger partial charge on any atom is 0.321 e. The van der Waals surface area contributed by atoms with Gasteiger partial charge in [0.25, 0.3) is 5.91 Å². The van der Waals surface area contributed by atoms with Crippen LogP contribution in [0.4, 0.5) is 0 Å². The van der Waals surface area contributed by atoms with Crippen molar-refractivity contribution in [1.29, 1.82) is 0 Å². The van der Waals surface area contributed by atoms with Gasteiger partial charge in [-0.2, -0.15) is 4.72 Å². The molecule has 1 amide bonds. The third-order valence-electron chi connectivity index (χ3n) is 5.91. The zero-order chi connectivity index (χ0) is 21.8. The van der Waals surface area contributed by atoms with Crippen LogP contribution in [0.2, 0.25) is 0 Å². The van der Waals surface area contributed by atoms with Gasteiger partial charge in [-0.1, -0.05) is 32.8 Å². The lowest BCUT2D eigenvalue weighted by molar-refractivity contribution is -0.154. The van der Waals surface area contributed by atoms with Crippen LogP contribution < -0.4 is 10.0 Å². The Hall–Kier alpha value is -1.93. The summed E-state index contributed by atoms with van der Waals surface area (Å²) in [5.41, 5.74) is 1.82. The number of rotatable bonds is 7. The molecule has 4 atom stereocenters. The minimum atomic E-state index is -3.84. The Kier molecular flexibility index (Phi) is 7.82. The van der Waals surface area contributed by atoms with Crippen LogP contribution in [-0.4, -0.2) is 39.0 Å². The van der Waals surface area contributed by atoms with E-state index >= 15 is 0 Å². The van der Waals surface area contributed by atoms with Crippen molar-refractivity contribution in [2.24, 2.45) is 11.8 Å². The van der Waals surface area contributed by atoms with Crippen molar-refractivity contribution >= 4 is 21.9 Å². The molecule has 0 heterocycles. The predicted octanol–water partition coefficient (Wildman–Crippen LogP) is 2.45. The van der Waals surface area contributed by atoms with Gasteiger partial charge in [0.05, 0.1) is 4.90 Å². The van der Waals surface area contributed by atoms with Crippen molar-refractivity contribution in [3.05, 3.63) is 29.3 Å². The van der Waals surface area contributed by atoms with Crippen LogP contribution in [-0.2, 0) is 24.3 Å². The highest BCUT2D eigenvalue weighted by atomic mass is 32.2. The number of hydrogen-bond donors (Lipinski definition) is 2. The lowest BCUT2D eigenvalue weighted by atomic mass is 9.78. The Morgan fingerprint density at radius 3 is 2.52 bits per heavy atom. The molecule has 7 nitrogen and oxygen atoms in total. The second-order valence-corrected chi connectivity index (χ2v) is 9.85. The van der Waals surface area contributed by atoms with E-state index in [1.165, 1.54) is 13.0 Å². The fraction of sp³-hybridized carbons (Fsp3) is 0.619. The van der Waals surface area contributed by atoms with E-state index in [0.717, 1.165) is 30.4 Å². The SMILES string of the molecule is Cc1ccc(S(=O)(=O)NCC(=O)O[C@H](C)C(=O)N[C@@H]2CCC[C@H](C)[C@@H]2C)cc1C. The topological polar surface area (TPSA) is 102 Å². The third-order valence-corrected chi connectivity index (χ3v) is 7.31. The van der Waals surface area contributed by atoms with Gasteiger partial charge in [0.15, 0.2) is 6.10 Å². The molecule has 0 aliphatic heterocycles. The Labute approximate surface area is 173 Å². The highest BCUT2D eigenvalue weighted by molar-refractivity contribution is 7.89. The molecule has 0 saturated heterocycles. The summed E-state index contributed by atoms with van der Waals surface area (Å²) in [6, 6.07) is 4.81. The van der Waals surface area contributed by atoms with E-state index in [2.05, 4.69) is 23.9 Å². The molecule has 2 rings (SSSR count). The first-order valence-electron chi connectivity index (χ1n) is 10.1. The first-order chi connectivity index (χ1) is 13.5. The highest BCUT2D eigenvalue weighted by Gasteiger charge is 2.30. The Morgan fingerprint density at radius 1 is 1.17 bits per heavy atom. The van der Waals surface area contributed by atoms with Crippen LogP contribution in [0, 0.1) is 25.7 Å². The van der Waals surface area contributed by atoms with Crippen LogP contribution in [0.1, 0.15) is 51.2 Å². The fourth-order valence-electron chi connectivity index (χ4n) is 3.50. The molecule has 0 bridgehead atoms. The van der Waals surface area contributed by atoms with Gasteiger partial charge in [-0.05, 0) is 62.3 Å². The average molecular weight is 425 g/mol. The normalized spacial score (nSPS) is 23.3. The van der Waals surface area contributed by atoms with Crippen molar-refractivity contribution in [3.8, 4) is 0 Å². The number of amides is 1. The first-order valence-corrected chi connectivity index (χ1v) is 11.6. The van der Waals surface area contributed by atoms with E-state index in [9.17, 15) is 18.0 Å². The van der Waals surface area contributed by atoms with Crippen molar-refractivity contribution in [2.75, 3.05) is 6.54 Å². The number of nitrogens with one attached hydrogen (secondary N) is 2. The van der Waals surface area contributed by atoms with E-state index in [1.807, 2.05) is 13.8 Å². The standard InChI is InChI=1S/C21H32N2O5S/c1-13-9-10-18(11-15(13)3)29(26,27)22-12-20(24)28-17(5)21(25)23-19-8-6-7-14(2)16(19)4/h9-11,14,16-17,19,22H,6-8,12H2,1-5H3,(H,23,25)/t14-,16-,17+,19+/m0/s1. The van der Waals surface area contributed by atoms with E-state index < -0.39 is 28.6 Å². The molecule has 0 radical (unpaired) electrons. The lowest BCUT2D eigenvalue weighted by Crippen LogP contribution is -2.48. The first kappa shape index (κ1) is 23.3. The van der Waals surface area contributed by atoms with Gasteiger partial charge in [0, 0.05) is 6.04 Å². The second-order valence-electron chi connectivity index (χ2n) is 8.09. The molecule has 8 heteroatoms. The molecule has 1 aliphatic carbocycles. The quantitative estimate of drug-likeness (QED) is 0.655. The lowest BCUT2D eigenvalue weighted by Gasteiger charge is -2.35. The number of ether oxygens (including phenoxy) is 1. The van der Waals surface area contributed by atoms with Gasteiger partial charge in [0.2, 0.25) is 10.0 Å². The van der Waals surface area contributed by atoms with Gasteiger partial charge in [-0.15, -0.1) is 0 Å². The molecule has 1 aliphatic rings. The summed E-state index contributed by atoms with van der Waals surface area (Å²) in [7, 11) is -3.84. The largest absolute Gasteiger partial charge is 0.452 e. The van der Waals surface area contributed by atoms with E-state index in [4.69, 9.17) is 4.74 Å². The second kappa shape index (κ2) is 9.71. The van der Waals surface area contributed by atoms with Crippen LogP contribution in [0.15, 0.2) is 23.1 Å². The van der Waals surface area contributed by atoms with E-state index in [1.54, 1.807) is 12.1 Å². The number of esters is 1. The van der Waals surface area contributed by atoms with E-state index in [-0.39, 0.29) is 16.8 Å². The molecule has 1 saturated carbocycles. The molecule has 162 valence electrons. The summed E-state index contributed by atoms with van der Waals surface area (Å²) in [6.07, 6.45) is 2.13. The van der Waals surface area contributed by atoms with Crippen LogP contribution in [0.5, 0.6) is 0 Å². The van der Waals surface area contributed by atoms with Gasteiger partial charge in [-0.25, -0.2) is 8.42 Å². The number of carbonyl (C=O) groups is 2. The number of benzene rings is 1. The summed E-state index contributed by atoms with van der Waals surface area (Å²) in [5.74, 6) is -0.265. The van der Waals surface area contributed by atoms with Crippen molar-refractivity contribution in [1.82, 2.24) is 10.0 Å². The minimum Gasteiger partial charge on any atom is -0.452 e. The van der Waals surface area contributed by atoms with Crippen LogP contribution in [0.25, 0.3) is 0 Å². The van der Waals surface area contributed by atoms with Crippen molar-refractivity contribution in [2.45, 2.75) is 70.9 Å². The average Bonchev–Trinajstić information content (AvgIpc) is 2.66. The summed E-state index contributed by atoms with van der Waals surface area (Å²) in [6.45, 7) is 8.95. The monoisotopic (exact) mass is 424 g/mol. The third kappa shape index (κ3) is 6.27. The molecule has 0 unspecified atom stereocenters. The Balaban J connectivity index is 1.86. The number of hydrogen-bond acceptors (Lipinski definition) is 5. The Bertz CT molecular complexity index is 853. The Morgan fingerprint density at radius 2 is 1.86 bits per heavy atom. The molecule has 1 aromatic carbocycles. The van der Waals surface area contributed by atoms with Crippen molar-refractivity contribution in [3.63, 3.8) is 0 Å². The summed E-state index contributed by atoms with van der Waals surface area (Å²) in [5, 5.41) is 2.96. The summed E-state index contributed by atoms with van der Waals surface area (Å²) >= 11 is 0. The number of sulfonamides is 1. The maximum absolute atomic E-state index is 12.4. The fourth-order valence-corrected chi connectivity index (χ4v) is 4.55.